The summed E-state index contributed by atoms with van der Waals surface area (Å²) in [6.45, 7) is 6.40. The van der Waals surface area contributed by atoms with Crippen LogP contribution in [0.5, 0.6) is 0 Å². The number of carbonyl (C=O) groups is 1. The van der Waals surface area contributed by atoms with Gasteiger partial charge in [-0.25, -0.2) is 13.4 Å². The van der Waals surface area contributed by atoms with Crippen molar-refractivity contribution < 1.29 is 13.2 Å². The molecule has 7 heteroatoms. The molecule has 27 heavy (non-hydrogen) atoms. The van der Waals surface area contributed by atoms with Gasteiger partial charge in [-0.3, -0.25) is 4.79 Å². The summed E-state index contributed by atoms with van der Waals surface area (Å²) in [6.07, 6.45) is 2.10. The molecule has 0 spiro atoms. The maximum Gasteiger partial charge on any atom is 0.254 e. The van der Waals surface area contributed by atoms with Gasteiger partial charge in [0.1, 0.15) is 5.82 Å². The second kappa shape index (κ2) is 7.68. The van der Waals surface area contributed by atoms with Gasteiger partial charge in [0.25, 0.3) is 5.91 Å². The number of hydrogen-bond donors (Lipinski definition) is 1. The molecular weight excluding hydrogens is 362 g/mol. The van der Waals surface area contributed by atoms with Crippen molar-refractivity contribution in [3.05, 3.63) is 53.2 Å². The molecule has 1 amide bonds. The lowest BCUT2D eigenvalue weighted by atomic mass is 10.1. The molecule has 2 aromatic rings. The lowest BCUT2D eigenvalue weighted by Gasteiger charge is -2.27. The minimum Gasteiger partial charge on any atom is -0.340 e. The Bertz CT molecular complexity index is 936. The summed E-state index contributed by atoms with van der Waals surface area (Å²) in [5.41, 5.74) is 3.70. The number of anilines is 2. The molecule has 0 saturated carbocycles. The van der Waals surface area contributed by atoms with E-state index < -0.39 is 9.84 Å². The van der Waals surface area contributed by atoms with E-state index in [-0.39, 0.29) is 23.5 Å². The van der Waals surface area contributed by atoms with E-state index in [1.807, 2.05) is 32.9 Å². The Kier molecular flexibility index (Phi) is 5.51. The van der Waals surface area contributed by atoms with Crippen molar-refractivity contribution in [2.75, 3.05) is 23.4 Å². The van der Waals surface area contributed by atoms with E-state index in [1.54, 1.807) is 23.2 Å². The molecule has 3 rings (SSSR count). The monoisotopic (exact) mass is 387 g/mol. The van der Waals surface area contributed by atoms with Crippen molar-refractivity contribution in [3.8, 4) is 0 Å². The highest BCUT2D eigenvalue weighted by Crippen LogP contribution is 2.22. The number of hydrogen-bond acceptors (Lipinski definition) is 5. The highest BCUT2D eigenvalue weighted by molar-refractivity contribution is 7.91. The Hall–Kier alpha value is -2.41. The second-order valence-corrected chi connectivity index (χ2v) is 9.31. The van der Waals surface area contributed by atoms with Crippen LogP contribution < -0.4 is 5.32 Å². The molecule has 1 saturated heterocycles. The molecule has 1 unspecified atom stereocenters. The molecule has 1 aromatic carbocycles. The van der Waals surface area contributed by atoms with Crippen LogP contribution in [0.4, 0.5) is 11.5 Å². The third-order valence-electron chi connectivity index (χ3n) is 4.75. The van der Waals surface area contributed by atoms with Crippen LogP contribution in [-0.4, -0.2) is 48.3 Å². The number of benzene rings is 1. The van der Waals surface area contributed by atoms with Crippen molar-refractivity contribution in [1.29, 1.82) is 0 Å². The average molecular weight is 388 g/mol. The first kappa shape index (κ1) is 19.4. The zero-order valence-electron chi connectivity index (χ0n) is 15.9. The average Bonchev–Trinajstić information content (AvgIpc) is 2.94. The van der Waals surface area contributed by atoms with Crippen LogP contribution in [0.3, 0.4) is 0 Å². The van der Waals surface area contributed by atoms with Crippen LogP contribution in [-0.2, 0) is 9.84 Å². The van der Waals surface area contributed by atoms with E-state index in [0.29, 0.717) is 24.3 Å². The van der Waals surface area contributed by atoms with Crippen molar-refractivity contribution >= 4 is 27.2 Å². The zero-order valence-corrected chi connectivity index (χ0v) is 16.7. The van der Waals surface area contributed by atoms with Crippen molar-refractivity contribution in [1.82, 2.24) is 9.88 Å². The molecule has 0 bridgehead atoms. The van der Waals surface area contributed by atoms with Gasteiger partial charge in [0.05, 0.1) is 11.5 Å². The van der Waals surface area contributed by atoms with Crippen molar-refractivity contribution in [3.63, 3.8) is 0 Å². The van der Waals surface area contributed by atoms with Gasteiger partial charge in [0, 0.05) is 30.0 Å². The minimum absolute atomic E-state index is 0.0470. The SMILES string of the molecule is CCN(C(=O)c1ccnc(Nc2cc(C)cc(C)c2)c1)C1CCS(=O)(=O)C1. The van der Waals surface area contributed by atoms with Gasteiger partial charge >= 0.3 is 0 Å². The van der Waals surface area contributed by atoms with E-state index in [2.05, 4.69) is 16.4 Å². The Morgan fingerprint density at radius 2 is 1.93 bits per heavy atom. The van der Waals surface area contributed by atoms with E-state index in [4.69, 9.17) is 0 Å². The molecule has 0 aliphatic carbocycles. The molecule has 0 radical (unpaired) electrons. The molecule has 2 heterocycles. The van der Waals surface area contributed by atoms with Crippen molar-refractivity contribution in [2.45, 2.75) is 33.2 Å². The quantitative estimate of drug-likeness (QED) is 0.853. The summed E-state index contributed by atoms with van der Waals surface area (Å²) in [4.78, 5) is 18.9. The Labute approximate surface area is 160 Å². The summed E-state index contributed by atoms with van der Waals surface area (Å²) >= 11 is 0. The van der Waals surface area contributed by atoms with E-state index in [9.17, 15) is 13.2 Å². The third-order valence-corrected chi connectivity index (χ3v) is 6.50. The van der Waals surface area contributed by atoms with Gasteiger partial charge in [-0.05, 0) is 62.6 Å². The van der Waals surface area contributed by atoms with E-state index in [1.165, 1.54) is 0 Å². The maximum atomic E-state index is 13.0. The second-order valence-electron chi connectivity index (χ2n) is 7.08. The van der Waals surface area contributed by atoms with Gasteiger partial charge in [-0.1, -0.05) is 6.07 Å². The van der Waals surface area contributed by atoms with Crippen LogP contribution in [0.15, 0.2) is 36.5 Å². The Morgan fingerprint density at radius 3 is 2.52 bits per heavy atom. The predicted octanol–water partition coefficient (Wildman–Crippen LogP) is 3.09. The molecule has 1 atom stereocenters. The van der Waals surface area contributed by atoms with E-state index in [0.717, 1.165) is 16.8 Å². The zero-order chi connectivity index (χ0) is 19.6. The summed E-state index contributed by atoms with van der Waals surface area (Å²) < 4.78 is 23.5. The topological polar surface area (TPSA) is 79.4 Å². The Balaban J connectivity index is 1.80. The maximum absolute atomic E-state index is 13.0. The number of nitrogens with one attached hydrogen (secondary N) is 1. The molecular formula is C20H25N3O3S. The van der Waals surface area contributed by atoms with Crippen LogP contribution >= 0.6 is 0 Å². The molecule has 1 aliphatic rings. The molecule has 1 N–H and O–H groups in total. The molecule has 144 valence electrons. The molecule has 1 aromatic heterocycles. The first-order chi connectivity index (χ1) is 12.8. The van der Waals surface area contributed by atoms with Gasteiger partial charge in [-0.2, -0.15) is 0 Å². The summed E-state index contributed by atoms with van der Waals surface area (Å²) in [6, 6.07) is 9.26. The van der Waals surface area contributed by atoms with Crippen molar-refractivity contribution in [2.24, 2.45) is 0 Å². The number of rotatable bonds is 5. The largest absolute Gasteiger partial charge is 0.340 e. The number of pyridine rings is 1. The van der Waals surface area contributed by atoms with Crippen LogP contribution in [0.25, 0.3) is 0 Å². The van der Waals surface area contributed by atoms with Crippen LogP contribution in [0, 0.1) is 13.8 Å². The molecule has 1 fully saturated rings. The van der Waals surface area contributed by atoms with Gasteiger partial charge in [-0.15, -0.1) is 0 Å². The van der Waals surface area contributed by atoms with Crippen LogP contribution in [0.2, 0.25) is 0 Å². The number of amides is 1. The van der Waals surface area contributed by atoms with Gasteiger partial charge < -0.3 is 10.2 Å². The number of carbonyl (C=O) groups excluding carboxylic acids is 1. The van der Waals surface area contributed by atoms with Gasteiger partial charge in [0.2, 0.25) is 0 Å². The minimum atomic E-state index is -3.04. The van der Waals surface area contributed by atoms with Crippen LogP contribution in [0.1, 0.15) is 34.8 Å². The standard InChI is InChI=1S/C20H25N3O3S/c1-4-23(18-6-8-27(25,26)13-18)20(24)16-5-7-21-19(12-16)22-17-10-14(2)9-15(3)11-17/h5,7,9-12,18H,4,6,8,13H2,1-3H3,(H,21,22). The fraction of sp³-hybridized carbons (Fsp3) is 0.400. The predicted molar refractivity (Wildman–Crippen MR) is 107 cm³/mol. The first-order valence-electron chi connectivity index (χ1n) is 9.10. The number of aromatic nitrogens is 1. The molecule has 6 nitrogen and oxygen atoms in total. The number of sulfone groups is 1. The fourth-order valence-corrected chi connectivity index (χ4v) is 5.31. The number of nitrogens with zero attached hydrogens (tertiary/aromatic N) is 2. The lowest BCUT2D eigenvalue weighted by Crippen LogP contribution is -2.41. The van der Waals surface area contributed by atoms with E-state index >= 15 is 0 Å². The first-order valence-corrected chi connectivity index (χ1v) is 10.9. The Morgan fingerprint density at radius 1 is 1.22 bits per heavy atom. The van der Waals surface area contributed by atoms with Gasteiger partial charge in [0.15, 0.2) is 9.84 Å². The number of aryl methyl sites for hydroxylation is 2. The smallest absolute Gasteiger partial charge is 0.254 e. The highest BCUT2D eigenvalue weighted by Gasteiger charge is 2.34. The third kappa shape index (κ3) is 4.66. The normalized spacial score (nSPS) is 18.3. The summed E-state index contributed by atoms with van der Waals surface area (Å²) in [5.74, 6) is 0.620. The molecule has 1 aliphatic heterocycles. The fourth-order valence-electron chi connectivity index (χ4n) is 3.58. The highest BCUT2D eigenvalue weighted by atomic mass is 32.2. The summed E-state index contributed by atoms with van der Waals surface area (Å²) in [7, 11) is -3.04. The lowest BCUT2D eigenvalue weighted by molar-refractivity contribution is 0.0708. The summed E-state index contributed by atoms with van der Waals surface area (Å²) in [5, 5.41) is 3.24.